The molecule has 1 saturated heterocycles. The summed E-state index contributed by atoms with van der Waals surface area (Å²) in [7, 11) is -3.10. The van der Waals surface area contributed by atoms with Gasteiger partial charge in [-0.3, -0.25) is 4.90 Å². The van der Waals surface area contributed by atoms with Gasteiger partial charge in [-0.05, 0) is 18.2 Å². The Labute approximate surface area is 159 Å². The Kier molecular flexibility index (Phi) is 6.09. The Morgan fingerprint density at radius 1 is 1.22 bits per heavy atom. The summed E-state index contributed by atoms with van der Waals surface area (Å²) in [4.78, 5) is 10.4. The van der Waals surface area contributed by atoms with E-state index in [4.69, 9.17) is 10.5 Å². The van der Waals surface area contributed by atoms with Crippen LogP contribution in [0.4, 0.5) is 17.5 Å². The first kappa shape index (κ1) is 19.3. The van der Waals surface area contributed by atoms with Crippen LogP contribution in [0.2, 0.25) is 0 Å². The van der Waals surface area contributed by atoms with Crippen LogP contribution >= 0.6 is 0 Å². The van der Waals surface area contributed by atoms with Crippen molar-refractivity contribution in [1.29, 1.82) is 0 Å². The van der Waals surface area contributed by atoms with Crippen molar-refractivity contribution < 1.29 is 13.2 Å². The minimum atomic E-state index is -3.10. The minimum Gasteiger partial charge on any atom is -0.492 e. The highest BCUT2D eigenvalue weighted by Gasteiger charge is 2.22. The number of nitrogens with two attached hydrogens (primary N) is 1. The van der Waals surface area contributed by atoms with Crippen LogP contribution in [0.1, 0.15) is 0 Å². The summed E-state index contributed by atoms with van der Waals surface area (Å²) in [5, 5.41) is 3.09. The Balaban J connectivity index is 1.46. The van der Waals surface area contributed by atoms with Crippen molar-refractivity contribution in [3.63, 3.8) is 0 Å². The van der Waals surface area contributed by atoms with Crippen LogP contribution in [-0.4, -0.2) is 73.2 Å². The molecule has 1 aliphatic rings. The number of aromatic nitrogens is 2. The zero-order valence-corrected chi connectivity index (χ0v) is 16.0. The molecular formula is C17H24N6O3S. The molecule has 27 heavy (non-hydrogen) atoms. The van der Waals surface area contributed by atoms with E-state index in [0.717, 1.165) is 18.0 Å². The number of hydrogen-bond acceptors (Lipinski definition) is 8. The Hall–Kier alpha value is -2.43. The fourth-order valence-electron chi connectivity index (χ4n) is 2.80. The molecule has 1 fully saturated rings. The van der Waals surface area contributed by atoms with Crippen LogP contribution in [-0.2, 0) is 10.0 Å². The van der Waals surface area contributed by atoms with Crippen LogP contribution in [0.15, 0.2) is 36.5 Å². The molecule has 0 unspecified atom stereocenters. The van der Waals surface area contributed by atoms with E-state index in [9.17, 15) is 8.42 Å². The lowest BCUT2D eigenvalue weighted by atomic mass is 10.3. The average Bonchev–Trinajstić information content (AvgIpc) is 2.62. The van der Waals surface area contributed by atoms with Crippen molar-refractivity contribution in [3.05, 3.63) is 36.5 Å². The monoisotopic (exact) mass is 392 g/mol. The van der Waals surface area contributed by atoms with Crippen molar-refractivity contribution in [2.45, 2.75) is 0 Å². The van der Waals surface area contributed by atoms with Crippen LogP contribution in [0.25, 0.3) is 0 Å². The number of nitrogens with one attached hydrogen (secondary N) is 1. The van der Waals surface area contributed by atoms with Gasteiger partial charge >= 0.3 is 0 Å². The van der Waals surface area contributed by atoms with Gasteiger partial charge in [0, 0.05) is 50.7 Å². The largest absolute Gasteiger partial charge is 0.492 e. The zero-order valence-electron chi connectivity index (χ0n) is 15.2. The SMILES string of the molecule is CS(=O)(=O)N1CCN(CCOc2cccc(Nc3nccc(N)n3)c2)CC1. The molecule has 0 spiro atoms. The fourth-order valence-corrected chi connectivity index (χ4v) is 3.63. The molecule has 146 valence electrons. The summed E-state index contributed by atoms with van der Waals surface area (Å²) >= 11 is 0. The number of nitrogens with zero attached hydrogens (tertiary/aromatic N) is 4. The highest BCUT2D eigenvalue weighted by Crippen LogP contribution is 2.20. The normalized spacial score (nSPS) is 16.2. The smallest absolute Gasteiger partial charge is 0.229 e. The molecule has 9 nitrogen and oxygen atoms in total. The third kappa shape index (κ3) is 5.78. The lowest BCUT2D eigenvalue weighted by Crippen LogP contribution is -2.49. The first-order valence-electron chi connectivity index (χ1n) is 8.66. The van der Waals surface area contributed by atoms with E-state index in [1.807, 2.05) is 24.3 Å². The molecule has 0 radical (unpaired) electrons. The Bertz CT molecular complexity index is 868. The summed E-state index contributed by atoms with van der Waals surface area (Å²) in [6.07, 6.45) is 2.84. The summed E-state index contributed by atoms with van der Waals surface area (Å²) in [6, 6.07) is 9.15. The molecule has 0 bridgehead atoms. The van der Waals surface area contributed by atoms with E-state index in [1.165, 1.54) is 10.6 Å². The van der Waals surface area contributed by atoms with Crippen LogP contribution in [0.5, 0.6) is 5.75 Å². The molecule has 10 heteroatoms. The molecule has 1 aromatic carbocycles. The Morgan fingerprint density at radius 2 is 2.00 bits per heavy atom. The first-order chi connectivity index (χ1) is 12.9. The molecule has 2 aromatic rings. The van der Waals surface area contributed by atoms with Gasteiger partial charge in [0.25, 0.3) is 0 Å². The molecule has 0 amide bonds. The molecule has 1 aromatic heterocycles. The number of hydrogen-bond donors (Lipinski definition) is 2. The van der Waals surface area contributed by atoms with Gasteiger partial charge in [-0.15, -0.1) is 0 Å². The highest BCUT2D eigenvalue weighted by atomic mass is 32.2. The van der Waals surface area contributed by atoms with Gasteiger partial charge in [-0.2, -0.15) is 9.29 Å². The molecule has 0 atom stereocenters. The minimum absolute atomic E-state index is 0.399. The number of benzene rings is 1. The lowest BCUT2D eigenvalue weighted by molar-refractivity contribution is 0.159. The van der Waals surface area contributed by atoms with Crippen LogP contribution in [0, 0.1) is 0 Å². The van der Waals surface area contributed by atoms with Gasteiger partial charge in [0.2, 0.25) is 16.0 Å². The zero-order chi connectivity index (χ0) is 19.3. The second-order valence-electron chi connectivity index (χ2n) is 6.31. The molecular weight excluding hydrogens is 368 g/mol. The summed E-state index contributed by atoms with van der Waals surface area (Å²) < 4.78 is 30.4. The van der Waals surface area contributed by atoms with E-state index in [0.29, 0.717) is 44.6 Å². The first-order valence-corrected chi connectivity index (χ1v) is 10.5. The molecule has 0 saturated carbocycles. The van der Waals surface area contributed by atoms with Gasteiger partial charge in [-0.25, -0.2) is 13.4 Å². The lowest BCUT2D eigenvalue weighted by Gasteiger charge is -2.33. The number of anilines is 3. The second kappa shape index (κ2) is 8.51. The molecule has 1 aliphatic heterocycles. The maximum atomic E-state index is 11.5. The van der Waals surface area contributed by atoms with Crippen LogP contribution in [0.3, 0.4) is 0 Å². The van der Waals surface area contributed by atoms with Gasteiger partial charge < -0.3 is 15.8 Å². The van der Waals surface area contributed by atoms with E-state index in [-0.39, 0.29) is 0 Å². The van der Waals surface area contributed by atoms with E-state index in [1.54, 1.807) is 12.3 Å². The number of rotatable bonds is 7. The van der Waals surface area contributed by atoms with E-state index in [2.05, 4.69) is 20.2 Å². The topological polar surface area (TPSA) is 114 Å². The number of piperazine rings is 1. The maximum absolute atomic E-state index is 11.5. The van der Waals surface area contributed by atoms with Crippen molar-refractivity contribution in [2.75, 3.05) is 56.6 Å². The van der Waals surface area contributed by atoms with Crippen molar-refractivity contribution in [2.24, 2.45) is 0 Å². The fraction of sp³-hybridized carbons (Fsp3) is 0.412. The summed E-state index contributed by atoms with van der Waals surface area (Å²) in [5.41, 5.74) is 6.46. The van der Waals surface area contributed by atoms with Gasteiger partial charge in [0.1, 0.15) is 18.2 Å². The second-order valence-corrected chi connectivity index (χ2v) is 8.29. The standard InChI is InChI=1S/C17H24N6O3S/c1-27(24,25)23-9-7-22(8-10-23)11-12-26-15-4-2-3-14(13-15)20-17-19-6-5-16(18)21-17/h2-6,13H,7-12H2,1H3,(H3,18,19,20,21). The molecule has 0 aliphatic carbocycles. The van der Waals surface area contributed by atoms with Crippen molar-refractivity contribution in [3.8, 4) is 5.75 Å². The third-order valence-electron chi connectivity index (χ3n) is 4.24. The van der Waals surface area contributed by atoms with Crippen molar-refractivity contribution in [1.82, 2.24) is 19.2 Å². The molecule has 3 N–H and O–H groups in total. The average molecular weight is 392 g/mol. The number of sulfonamides is 1. The molecule has 2 heterocycles. The van der Waals surface area contributed by atoms with Gasteiger partial charge in [0.15, 0.2) is 0 Å². The Morgan fingerprint density at radius 3 is 2.70 bits per heavy atom. The predicted octanol–water partition coefficient (Wildman–Crippen LogP) is 0.758. The molecule has 3 rings (SSSR count). The summed E-state index contributed by atoms with van der Waals surface area (Å²) in [5.74, 6) is 1.56. The quantitative estimate of drug-likeness (QED) is 0.710. The maximum Gasteiger partial charge on any atom is 0.229 e. The van der Waals surface area contributed by atoms with Crippen LogP contribution < -0.4 is 15.8 Å². The number of ether oxygens (including phenoxy) is 1. The summed E-state index contributed by atoms with van der Waals surface area (Å²) in [6.45, 7) is 3.75. The predicted molar refractivity (Wildman–Crippen MR) is 105 cm³/mol. The van der Waals surface area contributed by atoms with E-state index < -0.39 is 10.0 Å². The van der Waals surface area contributed by atoms with Gasteiger partial charge in [0.05, 0.1) is 6.26 Å². The van der Waals surface area contributed by atoms with Gasteiger partial charge in [-0.1, -0.05) is 6.07 Å². The third-order valence-corrected chi connectivity index (χ3v) is 5.55. The van der Waals surface area contributed by atoms with E-state index >= 15 is 0 Å². The number of nitrogen functional groups attached to an aromatic ring is 1. The van der Waals surface area contributed by atoms with Crippen molar-refractivity contribution >= 4 is 27.5 Å². The highest BCUT2D eigenvalue weighted by molar-refractivity contribution is 7.88.